The van der Waals surface area contributed by atoms with E-state index < -0.39 is 9.84 Å². The molecule has 1 saturated heterocycles. The lowest BCUT2D eigenvalue weighted by Gasteiger charge is -2.27. The Kier molecular flexibility index (Phi) is 5.47. The van der Waals surface area contributed by atoms with E-state index in [1.165, 1.54) is 4.90 Å². The third kappa shape index (κ3) is 3.98. The van der Waals surface area contributed by atoms with Crippen LogP contribution in [0.1, 0.15) is 51.7 Å². The Morgan fingerprint density at radius 3 is 2.41 bits per heavy atom. The van der Waals surface area contributed by atoms with Crippen LogP contribution in [0.4, 0.5) is 5.82 Å². The molecule has 3 heterocycles. The van der Waals surface area contributed by atoms with Crippen LogP contribution in [0.2, 0.25) is 0 Å². The second-order valence-corrected chi connectivity index (χ2v) is 11.0. The Morgan fingerprint density at radius 1 is 1.12 bits per heavy atom. The zero-order valence-electron chi connectivity index (χ0n) is 18.7. The summed E-state index contributed by atoms with van der Waals surface area (Å²) in [6, 6.07) is 12.2. The minimum Gasteiger partial charge on any atom is -0.311 e. The molecule has 1 N–H and O–H groups in total. The molecule has 1 atom stereocenters. The van der Waals surface area contributed by atoms with Crippen LogP contribution in [-0.4, -0.2) is 58.9 Å². The predicted octanol–water partition coefficient (Wildman–Crippen LogP) is 2.72. The first-order valence-corrected chi connectivity index (χ1v) is 13.0. The van der Waals surface area contributed by atoms with Gasteiger partial charge in [-0.2, -0.15) is 5.10 Å². The number of aromatic nitrogens is 2. The molecular formula is C24H24N4O5S. The third-order valence-electron chi connectivity index (χ3n) is 6.32. The number of amides is 3. The molecule has 0 radical (unpaired) electrons. The van der Waals surface area contributed by atoms with Gasteiger partial charge in [0.05, 0.1) is 23.2 Å². The predicted molar refractivity (Wildman–Crippen MR) is 126 cm³/mol. The molecule has 3 amide bonds. The summed E-state index contributed by atoms with van der Waals surface area (Å²) in [5, 5.41) is 8.69. The Balaban J connectivity index is 1.24. The molecule has 1 unspecified atom stereocenters. The second kappa shape index (κ2) is 8.35. The highest BCUT2D eigenvalue weighted by molar-refractivity contribution is 7.91. The van der Waals surface area contributed by atoms with E-state index in [2.05, 4.69) is 10.4 Å². The highest BCUT2D eigenvalue weighted by Gasteiger charge is 2.33. The van der Waals surface area contributed by atoms with Crippen molar-refractivity contribution in [1.29, 1.82) is 0 Å². The lowest BCUT2D eigenvalue weighted by molar-refractivity contribution is -0.116. The van der Waals surface area contributed by atoms with Crippen LogP contribution in [0, 0.1) is 6.92 Å². The van der Waals surface area contributed by atoms with Gasteiger partial charge in [0.25, 0.3) is 11.8 Å². The van der Waals surface area contributed by atoms with Crippen LogP contribution in [0.3, 0.4) is 0 Å². The first-order valence-electron chi connectivity index (χ1n) is 11.2. The maximum absolute atomic E-state index is 13.0. The molecule has 5 rings (SSSR count). The average molecular weight is 481 g/mol. The molecule has 34 heavy (non-hydrogen) atoms. The molecule has 0 bridgehead atoms. The summed E-state index contributed by atoms with van der Waals surface area (Å²) in [6.07, 6.45) is 0.849. The summed E-state index contributed by atoms with van der Waals surface area (Å²) in [6.45, 7) is 1.90. The van der Waals surface area contributed by atoms with E-state index in [4.69, 9.17) is 0 Å². The van der Waals surface area contributed by atoms with Crippen molar-refractivity contribution in [3.63, 3.8) is 0 Å². The zero-order valence-corrected chi connectivity index (χ0v) is 19.5. The van der Waals surface area contributed by atoms with Crippen LogP contribution >= 0.6 is 0 Å². The van der Waals surface area contributed by atoms with Gasteiger partial charge in [-0.15, -0.1) is 0 Å². The van der Waals surface area contributed by atoms with Crippen molar-refractivity contribution < 1.29 is 22.8 Å². The van der Waals surface area contributed by atoms with Gasteiger partial charge < -0.3 is 5.32 Å². The number of hydrogen-bond donors (Lipinski definition) is 1. The zero-order chi connectivity index (χ0) is 24.0. The monoisotopic (exact) mass is 480 g/mol. The Morgan fingerprint density at radius 2 is 1.79 bits per heavy atom. The molecule has 0 aliphatic carbocycles. The highest BCUT2D eigenvalue weighted by atomic mass is 32.2. The number of hydrogen-bond acceptors (Lipinski definition) is 6. The van der Waals surface area contributed by atoms with E-state index in [1.807, 2.05) is 12.1 Å². The fourth-order valence-electron chi connectivity index (χ4n) is 4.74. The number of nitrogens with zero attached hydrogens (tertiary/aromatic N) is 3. The maximum Gasteiger partial charge on any atom is 0.261 e. The lowest BCUT2D eigenvalue weighted by atomic mass is 9.94. The third-order valence-corrected chi connectivity index (χ3v) is 8.07. The van der Waals surface area contributed by atoms with E-state index in [1.54, 1.807) is 41.9 Å². The van der Waals surface area contributed by atoms with Gasteiger partial charge in [-0.3, -0.25) is 19.3 Å². The quantitative estimate of drug-likeness (QED) is 0.542. The van der Waals surface area contributed by atoms with Crippen LogP contribution in [0.25, 0.3) is 10.8 Å². The number of imide groups is 1. The van der Waals surface area contributed by atoms with Crippen molar-refractivity contribution in [2.24, 2.45) is 0 Å². The van der Waals surface area contributed by atoms with E-state index >= 15 is 0 Å². The van der Waals surface area contributed by atoms with Gasteiger partial charge in [-0.25, -0.2) is 13.1 Å². The fourth-order valence-corrected chi connectivity index (χ4v) is 6.44. The number of nitrogens with one attached hydrogen (secondary N) is 1. The van der Waals surface area contributed by atoms with Gasteiger partial charge in [0.15, 0.2) is 9.84 Å². The van der Waals surface area contributed by atoms with Crippen molar-refractivity contribution in [3.05, 3.63) is 59.3 Å². The molecule has 2 aliphatic rings. The van der Waals surface area contributed by atoms with Gasteiger partial charge in [-0.1, -0.05) is 24.3 Å². The van der Waals surface area contributed by atoms with Gasteiger partial charge >= 0.3 is 0 Å². The summed E-state index contributed by atoms with van der Waals surface area (Å²) < 4.78 is 25.3. The normalized spacial score (nSPS) is 19.1. The van der Waals surface area contributed by atoms with Crippen LogP contribution < -0.4 is 5.32 Å². The van der Waals surface area contributed by atoms with E-state index in [0.717, 1.165) is 5.39 Å². The largest absolute Gasteiger partial charge is 0.311 e. The van der Waals surface area contributed by atoms with Crippen LogP contribution in [0.5, 0.6) is 0 Å². The standard InChI is InChI=1S/C24H24N4O5S/c1-15-13-20(28(26-15)17-10-12-34(32,33)14-17)25-21(29)9-4-11-27-23(30)18-7-2-5-16-6-3-8-19(22(16)18)24(27)31/h2-3,5-8,13,17H,4,9-12,14H2,1H3,(H,25,29). The van der Waals surface area contributed by atoms with Crippen LogP contribution in [0.15, 0.2) is 42.5 Å². The summed E-state index contributed by atoms with van der Waals surface area (Å²) in [5.74, 6) is -0.434. The van der Waals surface area contributed by atoms with Crippen molar-refractivity contribution in [1.82, 2.24) is 14.7 Å². The number of carbonyl (C=O) groups excluding carboxylic acids is 3. The van der Waals surface area contributed by atoms with Crippen molar-refractivity contribution in [2.75, 3.05) is 23.4 Å². The molecule has 10 heteroatoms. The van der Waals surface area contributed by atoms with Gasteiger partial charge in [0.2, 0.25) is 5.91 Å². The Labute approximate surface area is 196 Å². The van der Waals surface area contributed by atoms with Gasteiger partial charge in [0.1, 0.15) is 5.82 Å². The minimum absolute atomic E-state index is 0.00437. The number of benzene rings is 2. The molecular weight excluding hydrogens is 456 g/mol. The van der Waals surface area contributed by atoms with E-state index in [-0.39, 0.29) is 48.2 Å². The fraction of sp³-hybridized carbons (Fsp3) is 0.333. The van der Waals surface area contributed by atoms with Crippen molar-refractivity contribution >= 4 is 44.1 Å². The molecule has 1 fully saturated rings. The molecule has 176 valence electrons. The summed E-state index contributed by atoms with van der Waals surface area (Å²) in [4.78, 5) is 39.8. The van der Waals surface area contributed by atoms with E-state index in [0.29, 0.717) is 40.9 Å². The Hall–Kier alpha value is -3.53. The van der Waals surface area contributed by atoms with Gasteiger partial charge in [-0.05, 0) is 37.3 Å². The molecule has 2 aliphatic heterocycles. The summed E-state index contributed by atoms with van der Waals surface area (Å²) in [7, 11) is -3.09. The molecule has 1 aromatic heterocycles. The first kappa shape index (κ1) is 22.3. The SMILES string of the molecule is Cc1cc(NC(=O)CCCN2C(=O)c3cccc4cccc(c34)C2=O)n(C2CCS(=O)(=O)C2)n1. The lowest BCUT2D eigenvalue weighted by Crippen LogP contribution is -2.41. The summed E-state index contributed by atoms with van der Waals surface area (Å²) >= 11 is 0. The molecule has 0 saturated carbocycles. The topological polar surface area (TPSA) is 118 Å². The number of anilines is 1. The first-order chi connectivity index (χ1) is 16.2. The number of rotatable bonds is 6. The molecule has 0 spiro atoms. The maximum atomic E-state index is 13.0. The smallest absolute Gasteiger partial charge is 0.261 e. The molecule has 3 aromatic rings. The Bertz CT molecular complexity index is 1390. The van der Waals surface area contributed by atoms with Crippen molar-refractivity contribution in [3.8, 4) is 0 Å². The van der Waals surface area contributed by atoms with Gasteiger partial charge in [0, 0.05) is 35.5 Å². The highest BCUT2D eigenvalue weighted by Crippen LogP contribution is 2.30. The number of sulfone groups is 1. The van der Waals surface area contributed by atoms with Crippen molar-refractivity contribution in [2.45, 2.75) is 32.2 Å². The minimum atomic E-state index is -3.09. The average Bonchev–Trinajstić information content (AvgIpc) is 3.35. The second-order valence-electron chi connectivity index (χ2n) is 8.80. The molecule has 2 aromatic carbocycles. The molecule has 9 nitrogen and oxygen atoms in total. The number of aryl methyl sites for hydroxylation is 1. The van der Waals surface area contributed by atoms with Crippen LogP contribution in [-0.2, 0) is 14.6 Å². The summed E-state index contributed by atoms with van der Waals surface area (Å²) in [5.41, 5.74) is 1.66. The van der Waals surface area contributed by atoms with E-state index in [9.17, 15) is 22.8 Å². The number of carbonyl (C=O) groups is 3.